The monoisotopic (exact) mass is 421 g/mol. The van der Waals surface area contributed by atoms with Crippen molar-refractivity contribution in [1.29, 1.82) is 0 Å². The van der Waals surface area contributed by atoms with E-state index >= 15 is 0 Å². The number of piperidine rings is 1. The van der Waals surface area contributed by atoms with E-state index in [2.05, 4.69) is 6.92 Å². The molecule has 1 aromatic heterocycles. The molecule has 2 heterocycles. The summed E-state index contributed by atoms with van der Waals surface area (Å²) in [6.07, 6.45) is 2.23. The van der Waals surface area contributed by atoms with Crippen LogP contribution in [-0.2, 0) is 4.79 Å². The highest BCUT2D eigenvalue weighted by atomic mass is 32.2. The first-order valence-corrected chi connectivity index (χ1v) is 11.4. The van der Waals surface area contributed by atoms with Gasteiger partial charge in [-0.2, -0.15) is 0 Å². The lowest BCUT2D eigenvalue weighted by Crippen LogP contribution is -2.40. The lowest BCUT2D eigenvalue weighted by atomic mass is 10.0. The van der Waals surface area contributed by atoms with E-state index in [1.807, 2.05) is 55.1 Å². The van der Waals surface area contributed by atoms with E-state index in [0.29, 0.717) is 22.0 Å². The van der Waals surface area contributed by atoms with E-state index in [4.69, 9.17) is 4.98 Å². The molecule has 0 spiro atoms. The Labute approximate surface area is 181 Å². The molecule has 1 saturated heterocycles. The van der Waals surface area contributed by atoms with Gasteiger partial charge in [-0.15, -0.1) is 0 Å². The normalized spacial score (nSPS) is 16.8. The van der Waals surface area contributed by atoms with Crippen LogP contribution in [-0.4, -0.2) is 39.2 Å². The molecule has 0 saturated carbocycles. The molecule has 1 unspecified atom stereocenters. The van der Waals surface area contributed by atoms with Gasteiger partial charge < -0.3 is 4.90 Å². The van der Waals surface area contributed by atoms with Crippen LogP contribution in [0.15, 0.2) is 52.4 Å². The molecule has 0 aliphatic carbocycles. The van der Waals surface area contributed by atoms with Crippen molar-refractivity contribution in [2.24, 2.45) is 5.92 Å². The van der Waals surface area contributed by atoms with Gasteiger partial charge in [0, 0.05) is 13.1 Å². The molecule has 0 bridgehead atoms. The first-order chi connectivity index (χ1) is 14.5. The maximum atomic E-state index is 13.4. The van der Waals surface area contributed by atoms with Crippen LogP contribution < -0.4 is 5.56 Å². The zero-order chi connectivity index (χ0) is 21.3. The van der Waals surface area contributed by atoms with Crippen LogP contribution in [0.25, 0.3) is 16.6 Å². The second kappa shape index (κ2) is 8.64. The minimum Gasteiger partial charge on any atom is -0.342 e. The summed E-state index contributed by atoms with van der Waals surface area (Å²) < 4.78 is 1.67. The highest BCUT2D eigenvalue weighted by molar-refractivity contribution is 7.99. The Morgan fingerprint density at radius 3 is 2.77 bits per heavy atom. The topological polar surface area (TPSA) is 55.2 Å². The summed E-state index contributed by atoms with van der Waals surface area (Å²) >= 11 is 1.35. The molecule has 2 aromatic carbocycles. The number of carbonyl (C=O) groups is 1. The summed E-state index contributed by atoms with van der Waals surface area (Å²) in [6.45, 7) is 7.87. The van der Waals surface area contributed by atoms with Gasteiger partial charge in [-0.05, 0) is 61.9 Å². The third-order valence-electron chi connectivity index (χ3n) is 5.90. The Kier molecular flexibility index (Phi) is 5.95. The van der Waals surface area contributed by atoms with Gasteiger partial charge in [0.1, 0.15) is 0 Å². The summed E-state index contributed by atoms with van der Waals surface area (Å²) in [5.74, 6) is 0.934. The van der Waals surface area contributed by atoms with Crippen molar-refractivity contribution in [1.82, 2.24) is 14.5 Å². The van der Waals surface area contributed by atoms with Crippen molar-refractivity contribution in [3.05, 3.63) is 63.9 Å². The number of thioether (sulfide) groups is 1. The van der Waals surface area contributed by atoms with E-state index in [1.165, 1.54) is 18.2 Å². The molecule has 3 aromatic rings. The highest BCUT2D eigenvalue weighted by Gasteiger charge is 2.22. The van der Waals surface area contributed by atoms with E-state index in [1.54, 1.807) is 10.6 Å². The standard InChI is InChI=1S/C24H27N3O2S/c1-16-8-7-13-26(14-16)22(28)15-30-24-25-20-11-5-4-10-19(20)23(29)27(24)21-12-6-9-17(2)18(21)3/h4-6,9-12,16H,7-8,13-15H2,1-3H3. The van der Waals surface area contributed by atoms with Crippen LogP contribution in [0.4, 0.5) is 0 Å². The number of nitrogens with zero attached hydrogens (tertiary/aromatic N) is 3. The second-order valence-corrected chi connectivity index (χ2v) is 9.09. The smallest absolute Gasteiger partial charge is 0.266 e. The molecule has 5 nitrogen and oxygen atoms in total. The molecular formula is C24H27N3O2S. The SMILES string of the molecule is Cc1cccc(-n2c(SCC(=O)N3CCCC(C)C3)nc3ccccc3c2=O)c1C. The van der Waals surface area contributed by atoms with Gasteiger partial charge in [0.15, 0.2) is 5.16 Å². The van der Waals surface area contributed by atoms with Crippen molar-refractivity contribution in [2.75, 3.05) is 18.8 Å². The number of fused-ring (bicyclic) bond motifs is 1. The Hall–Kier alpha value is -2.60. The highest BCUT2D eigenvalue weighted by Crippen LogP contribution is 2.25. The Morgan fingerprint density at radius 1 is 1.17 bits per heavy atom. The molecule has 6 heteroatoms. The summed E-state index contributed by atoms with van der Waals surface area (Å²) in [5.41, 5.74) is 3.53. The molecule has 1 amide bonds. The molecular weight excluding hydrogens is 394 g/mol. The van der Waals surface area contributed by atoms with Crippen molar-refractivity contribution in [3.63, 3.8) is 0 Å². The minimum atomic E-state index is -0.101. The van der Waals surface area contributed by atoms with Crippen LogP contribution >= 0.6 is 11.8 Å². The average molecular weight is 422 g/mol. The van der Waals surface area contributed by atoms with Gasteiger partial charge in [-0.3, -0.25) is 14.2 Å². The molecule has 0 radical (unpaired) electrons. The number of aromatic nitrogens is 2. The number of aryl methyl sites for hydroxylation is 1. The maximum Gasteiger partial charge on any atom is 0.266 e. The number of benzene rings is 2. The fourth-order valence-corrected chi connectivity index (χ4v) is 4.94. The third-order valence-corrected chi connectivity index (χ3v) is 6.82. The predicted octanol–water partition coefficient (Wildman–Crippen LogP) is 4.35. The first kappa shape index (κ1) is 20.7. The number of hydrogen-bond acceptors (Lipinski definition) is 4. The zero-order valence-corrected chi connectivity index (χ0v) is 18.5. The third kappa shape index (κ3) is 4.01. The molecule has 156 valence electrons. The summed E-state index contributed by atoms with van der Waals surface area (Å²) in [4.78, 5) is 33.0. The van der Waals surface area contributed by atoms with Crippen molar-refractivity contribution < 1.29 is 4.79 Å². The first-order valence-electron chi connectivity index (χ1n) is 10.4. The number of hydrogen-bond donors (Lipinski definition) is 0. The summed E-state index contributed by atoms with van der Waals surface area (Å²) in [7, 11) is 0. The fraction of sp³-hybridized carbons (Fsp3) is 0.375. The van der Waals surface area contributed by atoms with Crippen LogP contribution in [0.2, 0.25) is 0 Å². The molecule has 1 fully saturated rings. The van der Waals surface area contributed by atoms with Crippen molar-refractivity contribution in [2.45, 2.75) is 38.8 Å². The Bertz CT molecular complexity index is 1150. The number of rotatable bonds is 4. The van der Waals surface area contributed by atoms with Crippen molar-refractivity contribution >= 4 is 28.6 Å². The average Bonchev–Trinajstić information content (AvgIpc) is 2.74. The van der Waals surface area contributed by atoms with Gasteiger partial charge in [-0.25, -0.2) is 4.98 Å². The van der Waals surface area contributed by atoms with Crippen LogP contribution in [0.1, 0.15) is 30.9 Å². The van der Waals surface area contributed by atoms with Gasteiger partial charge >= 0.3 is 0 Å². The lowest BCUT2D eigenvalue weighted by Gasteiger charge is -2.30. The molecule has 4 rings (SSSR count). The Balaban J connectivity index is 1.74. The summed E-state index contributed by atoms with van der Waals surface area (Å²) in [5, 5.41) is 1.14. The van der Waals surface area contributed by atoms with E-state index in [9.17, 15) is 9.59 Å². The van der Waals surface area contributed by atoms with Crippen LogP contribution in [0.5, 0.6) is 0 Å². The van der Waals surface area contributed by atoms with Gasteiger partial charge in [-0.1, -0.05) is 43.0 Å². The fourth-order valence-electron chi connectivity index (χ4n) is 4.03. The molecule has 0 N–H and O–H groups in total. The van der Waals surface area contributed by atoms with Crippen LogP contribution in [0, 0.1) is 19.8 Å². The lowest BCUT2D eigenvalue weighted by molar-refractivity contribution is -0.130. The van der Waals surface area contributed by atoms with Gasteiger partial charge in [0.2, 0.25) is 5.91 Å². The molecule has 1 atom stereocenters. The molecule has 30 heavy (non-hydrogen) atoms. The van der Waals surface area contributed by atoms with Crippen molar-refractivity contribution in [3.8, 4) is 5.69 Å². The number of likely N-dealkylation sites (tertiary alicyclic amines) is 1. The largest absolute Gasteiger partial charge is 0.342 e. The number of carbonyl (C=O) groups excluding carboxylic acids is 1. The Morgan fingerprint density at radius 2 is 1.97 bits per heavy atom. The maximum absolute atomic E-state index is 13.4. The predicted molar refractivity (Wildman–Crippen MR) is 123 cm³/mol. The second-order valence-electron chi connectivity index (χ2n) is 8.15. The molecule has 1 aliphatic heterocycles. The van der Waals surface area contributed by atoms with Gasteiger partial charge in [0.05, 0.1) is 22.3 Å². The quantitative estimate of drug-likeness (QED) is 0.464. The van der Waals surface area contributed by atoms with E-state index in [0.717, 1.165) is 36.3 Å². The molecule has 1 aliphatic rings. The summed E-state index contributed by atoms with van der Waals surface area (Å²) in [6, 6.07) is 13.3. The van der Waals surface area contributed by atoms with E-state index in [-0.39, 0.29) is 17.2 Å². The number of para-hydroxylation sites is 1. The minimum absolute atomic E-state index is 0.101. The van der Waals surface area contributed by atoms with Crippen LogP contribution in [0.3, 0.4) is 0 Å². The van der Waals surface area contributed by atoms with Gasteiger partial charge in [0.25, 0.3) is 5.56 Å². The number of amides is 1. The van der Waals surface area contributed by atoms with E-state index < -0.39 is 0 Å². The zero-order valence-electron chi connectivity index (χ0n) is 17.7.